The van der Waals surface area contributed by atoms with Crippen molar-refractivity contribution >= 4 is 5.91 Å². The van der Waals surface area contributed by atoms with Gasteiger partial charge in [0.1, 0.15) is 5.75 Å². The Morgan fingerprint density at radius 2 is 1.96 bits per heavy atom. The van der Waals surface area contributed by atoms with E-state index in [2.05, 4.69) is 20.7 Å². The Bertz CT molecular complexity index is 851. The van der Waals surface area contributed by atoms with E-state index in [0.717, 1.165) is 37.7 Å². The highest BCUT2D eigenvalue weighted by atomic mass is 16.3. The first kappa shape index (κ1) is 17.6. The van der Waals surface area contributed by atoms with E-state index in [0.29, 0.717) is 18.3 Å². The number of hydrogen-bond donors (Lipinski definition) is 3. The molecular formula is C20H26N6O2. The molecule has 4 N–H and O–H groups in total. The first-order valence-electron chi connectivity index (χ1n) is 10.0. The lowest BCUT2D eigenvalue weighted by molar-refractivity contribution is -0.132. The summed E-state index contributed by atoms with van der Waals surface area (Å²) >= 11 is 0. The van der Waals surface area contributed by atoms with Gasteiger partial charge in [-0.15, -0.1) is 10.2 Å². The van der Waals surface area contributed by atoms with Crippen molar-refractivity contribution < 1.29 is 9.90 Å². The fraction of sp³-hybridized carbons (Fsp3) is 0.600. The van der Waals surface area contributed by atoms with Crippen LogP contribution in [0.3, 0.4) is 0 Å². The first-order valence-corrected chi connectivity index (χ1v) is 10.0. The third-order valence-electron chi connectivity index (χ3n) is 6.92. The van der Waals surface area contributed by atoms with Crippen LogP contribution in [0.1, 0.15) is 44.1 Å². The van der Waals surface area contributed by atoms with E-state index in [1.165, 1.54) is 12.7 Å². The third-order valence-corrected chi connectivity index (χ3v) is 6.92. The molecule has 1 aromatic heterocycles. The fourth-order valence-electron chi connectivity index (χ4n) is 6.31. The molecule has 0 radical (unpaired) electrons. The topological polar surface area (TPSA) is 119 Å². The zero-order chi connectivity index (χ0) is 19.4. The van der Waals surface area contributed by atoms with E-state index in [-0.39, 0.29) is 22.7 Å². The Morgan fingerprint density at radius 1 is 1.25 bits per heavy atom. The quantitative estimate of drug-likeness (QED) is 0.713. The molecule has 0 spiro atoms. The SMILES string of the molecule is N[C@@H](Cc1ccc(O)cc1)C(=O)NC12CC3CC(C1)CC(n1ncnn1)(C3)C2. The Kier molecular flexibility index (Phi) is 3.94. The Hall–Kier alpha value is -2.48. The number of amides is 1. The average molecular weight is 382 g/mol. The largest absolute Gasteiger partial charge is 0.508 e. The van der Waals surface area contributed by atoms with E-state index in [4.69, 9.17) is 5.73 Å². The van der Waals surface area contributed by atoms with Crippen molar-refractivity contribution in [3.8, 4) is 5.75 Å². The van der Waals surface area contributed by atoms with Crippen LogP contribution in [-0.4, -0.2) is 42.8 Å². The number of aromatic hydroxyl groups is 1. The monoisotopic (exact) mass is 382 g/mol. The fourth-order valence-corrected chi connectivity index (χ4v) is 6.31. The number of rotatable bonds is 5. The molecule has 4 bridgehead atoms. The summed E-state index contributed by atoms with van der Waals surface area (Å²) in [5.74, 6) is 1.28. The summed E-state index contributed by atoms with van der Waals surface area (Å²) in [7, 11) is 0. The predicted octanol–water partition coefficient (Wildman–Crippen LogP) is 1.11. The van der Waals surface area contributed by atoms with Gasteiger partial charge in [-0.3, -0.25) is 4.79 Å². The second-order valence-corrected chi connectivity index (χ2v) is 9.16. The minimum Gasteiger partial charge on any atom is -0.508 e. The number of nitrogens with zero attached hydrogens (tertiary/aromatic N) is 4. The smallest absolute Gasteiger partial charge is 0.237 e. The van der Waals surface area contributed by atoms with Gasteiger partial charge in [-0.1, -0.05) is 12.1 Å². The van der Waals surface area contributed by atoms with Gasteiger partial charge in [0.2, 0.25) is 5.91 Å². The number of nitrogens with two attached hydrogens (primary N) is 1. The minimum absolute atomic E-state index is 0.100. The maximum atomic E-state index is 13.0. The van der Waals surface area contributed by atoms with Crippen LogP contribution < -0.4 is 11.1 Å². The molecule has 3 atom stereocenters. The number of aromatic nitrogens is 4. The van der Waals surface area contributed by atoms with Crippen LogP contribution in [-0.2, 0) is 16.8 Å². The summed E-state index contributed by atoms with van der Waals surface area (Å²) in [4.78, 5) is 14.7. The molecule has 4 saturated carbocycles. The normalized spacial score (nSPS) is 34.3. The second kappa shape index (κ2) is 6.27. The molecule has 8 nitrogen and oxygen atoms in total. The van der Waals surface area contributed by atoms with Crippen LogP contribution in [0.25, 0.3) is 0 Å². The molecule has 28 heavy (non-hydrogen) atoms. The molecule has 0 aliphatic heterocycles. The highest BCUT2D eigenvalue weighted by molar-refractivity contribution is 5.82. The maximum Gasteiger partial charge on any atom is 0.237 e. The maximum absolute atomic E-state index is 13.0. The van der Waals surface area contributed by atoms with E-state index in [9.17, 15) is 9.90 Å². The lowest BCUT2D eigenvalue weighted by Crippen LogP contribution is -2.67. The minimum atomic E-state index is -0.613. The van der Waals surface area contributed by atoms with E-state index < -0.39 is 6.04 Å². The van der Waals surface area contributed by atoms with Crippen LogP contribution in [0.15, 0.2) is 30.6 Å². The molecule has 1 heterocycles. The molecule has 0 saturated heterocycles. The lowest BCUT2D eigenvalue weighted by atomic mass is 9.50. The number of carbonyl (C=O) groups is 1. The number of tetrazole rings is 1. The van der Waals surface area contributed by atoms with Crippen molar-refractivity contribution in [3.63, 3.8) is 0 Å². The molecule has 4 aliphatic carbocycles. The first-order chi connectivity index (χ1) is 13.5. The van der Waals surface area contributed by atoms with Crippen LogP contribution >= 0.6 is 0 Å². The Balaban J connectivity index is 1.33. The summed E-state index contributed by atoms with van der Waals surface area (Å²) < 4.78 is 0. The molecule has 8 heteroatoms. The van der Waals surface area contributed by atoms with Crippen molar-refractivity contribution in [2.24, 2.45) is 17.6 Å². The number of hydrogen-bond acceptors (Lipinski definition) is 6. The summed E-state index contributed by atoms with van der Waals surface area (Å²) in [5.41, 5.74) is 6.82. The van der Waals surface area contributed by atoms with Gasteiger partial charge in [0.15, 0.2) is 6.33 Å². The van der Waals surface area contributed by atoms with Gasteiger partial charge >= 0.3 is 0 Å². The van der Waals surface area contributed by atoms with E-state index in [1.807, 2.05) is 0 Å². The van der Waals surface area contributed by atoms with Gasteiger partial charge in [-0.25, -0.2) is 0 Å². The van der Waals surface area contributed by atoms with Crippen molar-refractivity contribution in [3.05, 3.63) is 36.2 Å². The molecule has 4 fully saturated rings. The summed E-state index contributed by atoms with van der Waals surface area (Å²) in [5, 5.41) is 25.2. The second-order valence-electron chi connectivity index (χ2n) is 9.16. The Morgan fingerprint density at radius 3 is 2.61 bits per heavy atom. The summed E-state index contributed by atoms with van der Waals surface area (Å²) in [6.45, 7) is 0. The number of phenols is 1. The zero-order valence-electron chi connectivity index (χ0n) is 15.8. The Labute approximate surface area is 163 Å². The van der Waals surface area contributed by atoms with Gasteiger partial charge in [0, 0.05) is 5.54 Å². The molecule has 2 aromatic rings. The van der Waals surface area contributed by atoms with E-state index in [1.54, 1.807) is 29.1 Å². The standard InChI is InChI=1S/C20H26N6O2/c21-17(6-13-1-3-16(27)4-2-13)18(28)24-19-7-14-5-15(8-19)10-20(9-14,11-19)26-23-12-22-25-26/h1-4,12,14-15,17,27H,5-11,21H2,(H,24,28)/t14?,15?,17-,19?,20?/m0/s1. The van der Waals surface area contributed by atoms with E-state index >= 15 is 0 Å². The van der Waals surface area contributed by atoms with Crippen LogP contribution in [0.2, 0.25) is 0 Å². The van der Waals surface area contributed by atoms with Gasteiger partial charge in [-0.05, 0) is 79.7 Å². The van der Waals surface area contributed by atoms with Crippen LogP contribution in [0.4, 0.5) is 0 Å². The molecule has 148 valence electrons. The van der Waals surface area contributed by atoms with Crippen molar-refractivity contribution in [2.45, 2.75) is 62.1 Å². The highest BCUT2D eigenvalue weighted by Crippen LogP contribution is 2.60. The van der Waals surface area contributed by atoms with Gasteiger partial charge < -0.3 is 16.2 Å². The molecule has 1 aromatic carbocycles. The van der Waals surface area contributed by atoms with Crippen LogP contribution in [0, 0.1) is 11.8 Å². The lowest BCUT2D eigenvalue weighted by Gasteiger charge is -2.61. The number of nitrogens with one attached hydrogen (secondary N) is 1. The number of phenolic OH excluding ortho intramolecular Hbond substituents is 1. The van der Waals surface area contributed by atoms with Gasteiger partial charge in [0.05, 0.1) is 11.6 Å². The molecule has 6 rings (SSSR count). The molecular weight excluding hydrogens is 356 g/mol. The molecule has 2 unspecified atom stereocenters. The molecule has 4 aliphatic rings. The van der Waals surface area contributed by atoms with Crippen LogP contribution in [0.5, 0.6) is 5.75 Å². The highest BCUT2D eigenvalue weighted by Gasteiger charge is 2.60. The predicted molar refractivity (Wildman–Crippen MR) is 101 cm³/mol. The average Bonchev–Trinajstić information content (AvgIpc) is 3.18. The zero-order valence-corrected chi connectivity index (χ0v) is 15.8. The molecule has 1 amide bonds. The summed E-state index contributed by atoms with van der Waals surface area (Å²) in [6.07, 6.45) is 8.18. The number of benzene rings is 1. The number of carbonyl (C=O) groups excluding carboxylic acids is 1. The van der Waals surface area contributed by atoms with Crippen molar-refractivity contribution in [2.75, 3.05) is 0 Å². The van der Waals surface area contributed by atoms with Crippen molar-refractivity contribution in [1.82, 2.24) is 25.5 Å². The van der Waals surface area contributed by atoms with Gasteiger partial charge in [-0.2, -0.15) is 4.80 Å². The van der Waals surface area contributed by atoms with Gasteiger partial charge in [0.25, 0.3) is 0 Å². The van der Waals surface area contributed by atoms with Crippen molar-refractivity contribution in [1.29, 1.82) is 0 Å². The summed E-state index contributed by atoms with van der Waals surface area (Å²) in [6, 6.07) is 6.23. The third kappa shape index (κ3) is 2.96.